The second kappa shape index (κ2) is 6.98. The number of hydrogen-bond acceptors (Lipinski definition) is 5. The van der Waals surface area contributed by atoms with Crippen molar-refractivity contribution in [1.29, 1.82) is 0 Å². The van der Waals surface area contributed by atoms with Crippen LogP contribution in [0.1, 0.15) is 17.2 Å². The maximum Gasteiger partial charge on any atom is 0.325 e. The third-order valence-corrected chi connectivity index (χ3v) is 2.93. The number of hydrogen-bond donors (Lipinski definition) is 1. The molecule has 0 atom stereocenters. The number of aryl methyl sites for hydroxylation is 3. The fraction of sp³-hybridized carbons (Fsp3) is 0.538. The molecule has 0 unspecified atom stereocenters. The third kappa shape index (κ3) is 4.38. The second-order valence-electron chi connectivity index (χ2n) is 4.77. The maximum absolute atomic E-state index is 10.9. The Morgan fingerprint density at radius 1 is 1.43 bits per heavy atom. The molecular weight excluding hydrogens is 274 g/mol. The van der Waals surface area contributed by atoms with Crippen molar-refractivity contribution in [2.24, 2.45) is 0 Å². The van der Waals surface area contributed by atoms with Gasteiger partial charge in [0.1, 0.15) is 12.4 Å². The highest BCUT2D eigenvalue weighted by Gasteiger charge is 2.12. The van der Waals surface area contributed by atoms with Gasteiger partial charge in [-0.25, -0.2) is 9.67 Å². The number of carboxylic acid groups (broad SMARTS) is 1. The molecule has 8 heteroatoms. The van der Waals surface area contributed by atoms with Gasteiger partial charge >= 0.3 is 5.97 Å². The van der Waals surface area contributed by atoms with Crippen LogP contribution in [0.15, 0.2) is 12.4 Å². The van der Waals surface area contributed by atoms with Crippen molar-refractivity contribution < 1.29 is 14.6 Å². The number of rotatable bonds is 8. The van der Waals surface area contributed by atoms with Gasteiger partial charge in [0.15, 0.2) is 5.82 Å². The van der Waals surface area contributed by atoms with Gasteiger partial charge in [-0.1, -0.05) is 0 Å². The van der Waals surface area contributed by atoms with E-state index >= 15 is 0 Å². The molecule has 0 spiro atoms. The second-order valence-corrected chi connectivity index (χ2v) is 4.77. The van der Waals surface area contributed by atoms with Gasteiger partial charge < -0.3 is 9.84 Å². The zero-order chi connectivity index (χ0) is 15.2. The number of methoxy groups -OCH3 is 1. The highest BCUT2D eigenvalue weighted by molar-refractivity contribution is 5.66. The molecule has 114 valence electrons. The monoisotopic (exact) mass is 293 g/mol. The molecule has 8 nitrogen and oxygen atoms in total. The molecule has 2 heterocycles. The molecule has 0 saturated heterocycles. The topological polar surface area (TPSA) is 95.1 Å². The van der Waals surface area contributed by atoms with E-state index in [4.69, 9.17) is 9.84 Å². The molecule has 0 saturated carbocycles. The normalized spacial score (nSPS) is 11.0. The minimum Gasteiger partial charge on any atom is -0.480 e. The zero-order valence-corrected chi connectivity index (χ0v) is 12.2. The average molecular weight is 293 g/mol. The molecule has 0 aliphatic heterocycles. The first-order valence-corrected chi connectivity index (χ1v) is 6.71. The number of ether oxygens (including phenoxy) is 1. The summed E-state index contributed by atoms with van der Waals surface area (Å²) in [6.07, 6.45) is 4.86. The van der Waals surface area contributed by atoms with Crippen molar-refractivity contribution in [2.75, 3.05) is 13.7 Å². The van der Waals surface area contributed by atoms with Gasteiger partial charge in [0, 0.05) is 32.7 Å². The van der Waals surface area contributed by atoms with Crippen molar-refractivity contribution in [3.05, 3.63) is 29.6 Å². The lowest BCUT2D eigenvalue weighted by atomic mass is 10.4. The SMILES string of the molecule is COCCc1nc(CCn2cc(C)cn2)n(CC(=O)O)n1. The predicted molar refractivity (Wildman–Crippen MR) is 73.9 cm³/mol. The van der Waals surface area contributed by atoms with E-state index in [1.807, 2.05) is 17.8 Å². The fourth-order valence-corrected chi connectivity index (χ4v) is 1.97. The van der Waals surface area contributed by atoms with Crippen molar-refractivity contribution in [2.45, 2.75) is 32.9 Å². The summed E-state index contributed by atoms with van der Waals surface area (Å²) < 4.78 is 8.23. The Bertz CT molecular complexity index is 605. The summed E-state index contributed by atoms with van der Waals surface area (Å²) in [5.74, 6) is 0.316. The molecule has 0 aliphatic rings. The van der Waals surface area contributed by atoms with Gasteiger partial charge in [-0.05, 0) is 12.5 Å². The minimum absolute atomic E-state index is 0.187. The molecule has 0 amide bonds. The van der Waals surface area contributed by atoms with Gasteiger partial charge in [0.25, 0.3) is 0 Å². The van der Waals surface area contributed by atoms with Gasteiger partial charge in [-0.2, -0.15) is 10.2 Å². The predicted octanol–water partition coefficient (Wildman–Crippen LogP) is 0.299. The first-order valence-electron chi connectivity index (χ1n) is 6.71. The molecular formula is C13H19N5O3. The van der Waals surface area contributed by atoms with Crippen LogP contribution < -0.4 is 0 Å². The van der Waals surface area contributed by atoms with Crippen LogP contribution in [0.25, 0.3) is 0 Å². The summed E-state index contributed by atoms with van der Waals surface area (Å²) in [7, 11) is 1.61. The van der Waals surface area contributed by atoms with Crippen LogP contribution in [0.3, 0.4) is 0 Å². The molecule has 2 rings (SSSR count). The lowest BCUT2D eigenvalue weighted by Crippen LogP contribution is -2.15. The van der Waals surface area contributed by atoms with E-state index in [9.17, 15) is 4.79 Å². The van der Waals surface area contributed by atoms with Crippen molar-refractivity contribution in [1.82, 2.24) is 24.5 Å². The molecule has 0 aromatic carbocycles. The summed E-state index contributed by atoms with van der Waals surface area (Å²) >= 11 is 0. The Morgan fingerprint density at radius 2 is 2.24 bits per heavy atom. The zero-order valence-electron chi connectivity index (χ0n) is 12.2. The first-order chi connectivity index (χ1) is 10.1. The van der Waals surface area contributed by atoms with Crippen LogP contribution in [-0.4, -0.2) is 49.3 Å². The van der Waals surface area contributed by atoms with Crippen LogP contribution in [0.4, 0.5) is 0 Å². The maximum atomic E-state index is 10.9. The molecule has 0 aliphatic carbocycles. The Morgan fingerprint density at radius 3 is 2.86 bits per heavy atom. The van der Waals surface area contributed by atoms with E-state index in [0.29, 0.717) is 37.6 Å². The highest BCUT2D eigenvalue weighted by Crippen LogP contribution is 2.04. The average Bonchev–Trinajstić information content (AvgIpc) is 3.00. The molecule has 2 aromatic rings. The van der Waals surface area contributed by atoms with Crippen molar-refractivity contribution >= 4 is 5.97 Å². The molecule has 0 fully saturated rings. The quantitative estimate of drug-likeness (QED) is 0.752. The van der Waals surface area contributed by atoms with E-state index in [1.165, 1.54) is 4.68 Å². The first kappa shape index (κ1) is 15.2. The van der Waals surface area contributed by atoms with Crippen LogP contribution in [-0.2, 0) is 35.5 Å². The molecule has 2 aromatic heterocycles. The smallest absolute Gasteiger partial charge is 0.325 e. The summed E-state index contributed by atoms with van der Waals surface area (Å²) in [6, 6.07) is 0. The molecule has 0 radical (unpaired) electrons. The lowest BCUT2D eigenvalue weighted by Gasteiger charge is -2.03. The van der Waals surface area contributed by atoms with Crippen LogP contribution in [0.5, 0.6) is 0 Å². The summed E-state index contributed by atoms with van der Waals surface area (Å²) in [4.78, 5) is 15.3. The Kier molecular flexibility index (Phi) is 5.04. The van der Waals surface area contributed by atoms with Gasteiger partial charge in [0.2, 0.25) is 0 Å². The largest absolute Gasteiger partial charge is 0.480 e. The van der Waals surface area contributed by atoms with Crippen molar-refractivity contribution in [3.8, 4) is 0 Å². The third-order valence-electron chi connectivity index (χ3n) is 2.93. The summed E-state index contributed by atoms with van der Waals surface area (Å²) in [5.41, 5.74) is 1.09. The number of carboxylic acids is 1. The van der Waals surface area contributed by atoms with Crippen LogP contribution in [0.2, 0.25) is 0 Å². The number of carbonyl (C=O) groups is 1. The standard InChI is InChI=1S/C13H19N5O3/c1-10-7-14-17(8-10)5-3-12-15-11(4-6-21-2)16-18(12)9-13(19)20/h7-8H,3-6,9H2,1-2H3,(H,19,20). The van der Waals surface area contributed by atoms with Crippen molar-refractivity contribution in [3.63, 3.8) is 0 Å². The van der Waals surface area contributed by atoms with Gasteiger partial charge in [-0.15, -0.1) is 0 Å². The minimum atomic E-state index is -0.936. The Labute approximate surface area is 122 Å². The summed E-state index contributed by atoms with van der Waals surface area (Å²) in [6.45, 7) is 2.93. The van der Waals surface area contributed by atoms with Gasteiger partial charge in [-0.3, -0.25) is 9.48 Å². The van der Waals surface area contributed by atoms with Crippen LogP contribution >= 0.6 is 0 Å². The lowest BCUT2D eigenvalue weighted by molar-refractivity contribution is -0.137. The van der Waals surface area contributed by atoms with Crippen LogP contribution in [0, 0.1) is 6.92 Å². The number of nitrogens with zero attached hydrogens (tertiary/aromatic N) is 5. The molecule has 0 bridgehead atoms. The Balaban J connectivity index is 2.07. The molecule has 1 N–H and O–H groups in total. The molecule has 21 heavy (non-hydrogen) atoms. The van der Waals surface area contributed by atoms with E-state index in [-0.39, 0.29) is 6.54 Å². The van der Waals surface area contributed by atoms with E-state index in [2.05, 4.69) is 15.2 Å². The summed E-state index contributed by atoms with van der Waals surface area (Å²) in [5, 5.41) is 17.4. The number of aromatic nitrogens is 5. The fourth-order valence-electron chi connectivity index (χ4n) is 1.97. The van der Waals surface area contributed by atoms with Gasteiger partial charge in [0.05, 0.1) is 12.8 Å². The van der Waals surface area contributed by atoms with E-state index < -0.39 is 5.97 Å². The highest BCUT2D eigenvalue weighted by atomic mass is 16.5. The van der Waals surface area contributed by atoms with E-state index in [0.717, 1.165) is 5.56 Å². The Hall–Kier alpha value is -2.22. The van der Waals surface area contributed by atoms with E-state index in [1.54, 1.807) is 13.3 Å². The number of aliphatic carboxylic acids is 1.